The van der Waals surface area contributed by atoms with E-state index < -0.39 is 11.6 Å². The Morgan fingerprint density at radius 1 is 1.07 bits per heavy atom. The number of hydrogen-bond acceptors (Lipinski definition) is 3. The molecular formula is C24H37N3O3. The Hall–Kier alpha value is -1.59. The fraction of sp³-hybridized carbons (Fsp3) is 0.875. The zero-order valence-corrected chi connectivity index (χ0v) is 18.4. The van der Waals surface area contributed by atoms with E-state index in [4.69, 9.17) is 0 Å². The van der Waals surface area contributed by atoms with Gasteiger partial charge in [0, 0.05) is 6.54 Å². The largest absolute Gasteiger partial charge is 0.355 e. The fourth-order valence-electron chi connectivity index (χ4n) is 8.00. The van der Waals surface area contributed by atoms with Crippen LogP contribution in [0.15, 0.2) is 0 Å². The van der Waals surface area contributed by atoms with E-state index in [1.54, 1.807) is 0 Å². The van der Waals surface area contributed by atoms with Crippen LogP contribution in [0.1, 0.15) is 84.0 Å². The van der Waals surface area contributed by atoms with Gasteiger partial charge in [0.2, 0.25) is 5.91 Å². The number of hydrogen-bond donors (Lipinski definition) is 2. The van der Waals surface area contributed by atoms with Crippen LogP contribution in [0.25, 0.3) is 0 Å². The smallest absolute Gasteiger partial charge is 0.325 e. The highest BCUT2D eigenvalue weighted by molar-refractivity contribution is 6.09. The first-order valence-corrected chi connectivity index (χ1v) is 12.3. The van der Waals surface area contributed by atoms with Crippen molar-refractivity contribution in [1.29, 1.82) is 0 Å². The van der Waals surface area contributed by atoms with Crippen LogP contribution in [0.2, 0.25) is 0 Å². The molecule has 1 heterocycles. The summed E-state index contributed by atoms with van der Waals surface area (Å²) in [6, 6.07) is -0.397. The number of rotatable bonds is 6. The molecule has 0 atom stereocenters. The summed E-state index contributed by atoms with van der Waals surface area (Å²) in [4.78, 5) is 39.2. The molecule has 5 aliphatic carbocycles. The summed E-state index contributed by atoms with van der Waals surface area (Å²) in [5.41, 5.74) is -0.326. The lowest BCUT2D eigenvalue weighted by molar-refractivity contribution is -0.136. The number of carbonyl (C=O) groups excluding carboxylic acids is 3. The third-order valence-corrected chi connectivity index (χ3v) is 9.23. The molecule has 0 aromatic rings. The summed E-state index contributed by atoms with van der Waals surface area (Å²) in [7, 11) is 0. The van der Waals surface area contributed by atoms with Gasteiger partial charge in [0.05, 0.1) is 0 Å². The maximum atomic E-state index is 13.0. The maximum Gasteiger partial charge on any atom is 0.325 e. The predicted molar refractivity (Wildman–Crippen MR) is 113 cm³/mol. The predicted octanol–water partition coefficient (Wildman–Crippen LogP) is 3.60. The van der Waals surface area contributed by atoms with Crippen molar-refractivity contribution in [2.45, 2.75) is 89.5 Å². The van der Waals surface area contributed by atoms with E-state index in [0.717, 1.165) is 48.3 Å². The average molecular weight is 416 g/mol. The normalized spacial score (nSPS) is 42.1. The van der Waals surface area contributed by atoms with Gasteiger partial charge in [-0.3, -0.25) is 14.5 Å². The number of urea groups is 1. The van der Waals surface area contributed by atoms with E-state index in [0.29, 0.717) is 30.7 Å². The van der Waals surface area contributed by atoms with Crippen LogP contribution in [0.3, 0.4) is 0 Å². The quantitative estimate of drug-likeness (QED) is 0.651. The zero-order chi connectivity index (χ0) is 20.9. The van der Waals surface area contributed by atoms with Crippen LogP contribution in [-0.4, -0.2) is 41.4 Å². The fourth-order valence-corrected chi connectivity index (χ4v) is 8.00. The number of nitrogens with one attached hydrogen (secondary N) is 2. The average Bonchev–Trinajstić information content (AvgIpc) is 2.91. The van der Waals surface area contributed by atoms with Crippen molar-refractivity contribution >= 4 is 17.8 Å². The molecule has 6 heteroatoms. The molecule has 4 bridgehead atoms. The monoisotopic (exact) mass is 415 g/mol. The lowest BCUT2D eigenvalue weighted by atomic mass is 9.49. The van der Waals surface area contributed by atoms with Crippen molar-refractivity contribution < 1.29 is 14.4 Å². The van der Waals surface area contributed by atoms with Gasteiger partial charge in [0.15, 0.2) is 0 Å². The topological polar surface area (TPSA) is 78.5 Å². The Balaban J connectivity index is 1.12. The summed E-state index contributed by atoms with van der Waals surface area (Å²) in [6.07, 6.45) is 13.8. The second-order valence-corrected chi connectivity index (χ2v) is 11.3. The highest BCUT2D eigenvalue weighted by atomic mass is 16.2. The van der Waals surface area contributed by atoms with Gasteiger partial charge in [0.25, 0.3) is 5.91 Å². The molecule has 1 aliphatic heterocycles. The molecule has 1 saturated heterocycles. The second-order valence-electron chi connectivity index (χ2n) is 11.3. The van der Waals surface area contributed by atoms with Gasteiger partial charge in [-0.15, -0.1) is 0 Å². The molecule has 6 rings (SSSR count). The standard InChI is InChI=1S/C24H37N3O3/c1-2-16-3-5-24(6-4-16)21(29)27(22(30)26-24)15-20(28)25-8-7-23-12-17-9-18(13-23)11-19(10-17)14-23/h16-19H,2-15H2,1H3,(H,25,28)(H,26,30). The molecule has 6 fully saturated rings. The lowest BCUT2D eigenvalue weighted by Crippen LogP contribution is -2.50. The van der Waals surface area contributed by atoms with Crippen molar-refractivity contribution in [3.8, 4) is 0 Å². The first-order chi connectivity index (χ1) is 14.4. The van der Waals surface area contributed by atoms with Crippen LogP contribution in [-0.2, 0) is 9.59 Å². The van der Waals surface area contributed by atoms with Gasteiger partial charge in [-0.05, 0) is 99.7 Å². The van der Waals surface area contributed by atoms with Crippen molar-refractivity contribution in [3.63, 3.8) is 0 Å². The highest BCUT2D eigenvalue weighted by Gasteiger charge is 2.53. The van der Waals surface area contributed by atoms with Gasteiger partial charge >= 0.3 is 6.03 Å². The molecule has 30 heavy (non-hydrogen) atoms. The number of carbonyl (C=O) groups is 3. The van der Waals surface area contributed by atoms with Crippen molar-refractivity contribution in [1.82, 2.24) is 15.5 Å². The van der Waals surface area contributed by atoms with E-state index in [-0.39, 0.29) is 18.4 Å². The third kappa shape index (κ3) is 3.54. The van der Waals surface area contributed by atoms with Crippen LogP contribution in [0, 0.1) is 29.1 Å². The van der Waals surface area contributed by atoms with Crippen molar-refractivity contribution in [2.24, 2.45) is 29.1 Å². The third-order valence-electron chi connectivity index (χ3n) is 9.23. The molecule has 5 saturated carbocycles. The Morgan fingerprint density at radius 2 is 1.67 bits per heavy atom. The molecule has 0 aromatic heterocycles. The number of amides is 4. The van der Waals surface area contributed by atoms with E-state index in [1.807, 2.05) is 0 Å². The molecule has 6 aliphatic rings. The number of nitrogens with zero attached hydrogens (tertiary/aromatic N) is 1. The van der Waals surface area contributed by atoms with Crippen LogP contribution < -0.4 is 10.6 Å². The molecule has 166 valence electrons. The highest BCUT2D eigenvalue weighted by Crippen LogP contribution is 2.61. The summed E-state index contributed by atoms with van der Waals surface area (Å²) in [6.45, 7) is 2.69. The SMILES string of the molecule is CCC1CCC2(CC1)NC(=O)N(CC(=O)NCCC13CC4CC(CC(C4)C1)C3)C2=O. The Bertz CT molecular complexity index is 690. The van der Waals surface area contributed by atoms with Crippen LogP contribution in [0.5, 0.6) is 0 Å². The Labute approximate surface area is 179 Å². The van der Waals surface area contributed by atoms with Gasteiger partial charge in [0.1, 0.15) is 12.1 Å². The minimum atomic E-state index is -0.762. The van der Waals surface area contributed by atoms with Crippen molar-refractivity contribution in [3.05, 3.63) is 0 Å². The number of imide groups is 1. The first-order valence-electron chi connectivity index (χ1n) is 12.3. The Morgan fingerprint density at radius 3 is 2.23 bits per heavy atom. The van der Waals surface area contributed by atoms with Gasteiger partial charge < -0.3 is 10.6 Å². The van der Waals surface area contributed by atoms with Crippen LogP contribution in [0.4, 0.5) is 4.79 Å². The molecule has 6 nitrogen and oxygen atoms in total. The molecule has 2 N–H and O–H groups in total. The summed E-state index contributed by atoms with van der Waals surface area (Å²) < 4.78 is 0. The van der Waals surface area contributed by atoms with Crippen LogP contribution >= 0.6 is 0 Å². The van der Waals surface area contributed by atoms with Gasteiger partial charge in [-0.25, -0.2) is 4.79 Å². The molecule has 0 unspecified atom stereocenters. The zero-order valence-electron chi connectivity index (χ0n) is 18.4. The van der Waals surface area contributed by atoms with E-state index >= 15 is 0 Å². The molecule has 1 spiro atoms. The second kappa shape index (κ2) is 7.52. The summed E-state index contributed by atoms with van der Waals surface area (Å²) in [5.74, 6) is 2.98. The summed E-state index contributed by atoms with van der Waals surface area (Å²) in [5, 5.41) is 5.94. The molecular weight excluding hydrogens is 378 g/mol. The maximum absolute atomic E-state index is 13.0. The minimum Gasteiger partial charge on any atom is -0.355 e. The van der Waals surface area contributed by atoms with Crippen molar-refractivity contribution in [2.75, 3.05) is 13.1 Å². The van der Waals surface area contributed by atoms with E-state index in [2.05, 4.69) is 17.6 Å². The van der Waals surface area contributed by atoms with E-state index in [1.165, 1.54) is 38.5 Å². The van der Waals surface area contributed by atoms with E-state index in [9.17, 15) is 14.4 Å². The molecule has 0 aromatic carbocycles. The molecule has 0 radical (unpaired) electrons. The summed E-state index contributed by atoms with van der Waals surface area (Å²) >= 11 is 0. The lowest BCUT2D eigenvalue weighted by Gasteiger charge is -2.57. The van der Waals surface area contributed by atoms with Gasteiger partial charge in [-0.1, -0.05) is 13.3 Å². The first kappa shape index (κ1) is 20.3. The minimum absolute atomic E-state index is 0.148. The van der Waals surface area contributed by atoms with Gasteiger partial charge in [-0.2, -0.15) is 0 Å². The molecule has 4 amide bonds. The Kier molecular flexibility index (Phi) is 5.10.